The normalized spacial score (nSPS) is 15.3. The number of hydrogen-bond donors (Lipinski definition) is 2. The molecule has 1 saturated heterocycles. The van der Waals surface area contributed by atoms with E-state index >= 15 is 0 Å². The highest BCUT2D eigenvalue weighted by atomic mass is 32.1. The molecule has 2 aromatic rings. The van der Waals surface area contributed by atoms with Gasteiger partial charge in [-0.25, -0.2) is 0 Å². The average molecular weight is 290 g/mol. The van der Waals surface area contributed by atoms with Gasteiger partial charge in [-0.3, -0.25) is 0 Å². The van der Waals surface area contributed by atoms with Crippen LogP contribution in [0.4, 0.5) is 17.8 Å². The molecular weight excluding hydrogens is 272 g/mol. The Morgan fingerprint density at radius 3 is 2.80 bits per heavy atom. The molecule has 1 aliphatic rings. The molecule has 106 valence electrons. The summed E-state index contributed by atoms with van der Waals surface area (Å²) < 4.78 is 0. The molecule has 0 amide bonds. The molecule has 0 unspecified atom stereocenters. The summed E-state index contributed by atoms with van der Waals surface area (Å²) >= 11 is 1.68. The van der Waals surface area contributed by atoms with E-state index in [1.54, 1.807) is 11.3 Å². The van der Waals surface area contributed by atoms with Gasteiger partial charge in [-0.05, 0) is 41.7 Å². The number of nitrogen functional groups attached to an aromatic ring is 1. The van der Waals surface area contributed by atoms with E-state index in [1.165, 1.54) is 24.8 Å². The molecule has 0 atom stereocenters. The fourth-order valence-corrected chi connectivity index (χ4v) is 2.94. The zero-order valence-electron chi connectivity index (χ0n) is 11.2. The van der Waals surface area contributed by atoms with E-state index < -0.39 is 0 Å². The van der Waals surface area contributed by atoms with Crippen molar-refractivity contribution >= 4 is 29.2 Å². The van der Waals surface area contributed by atoms with Crippen LogP contribution in [0.15, 0.2) is 16.8 Å². The fraction of sp³-hybridized carbons (Fsp3) is 0.462. The zero-order valence-corrected chi connectivity index (χ0v) is 12.1. The van der Waals surface area contributed by atoms with Crippen LogP contribution in [-0.2, 0) is 6.54 Å². The molecule has 3 rings (SSSR count). The Hall–Kier alpha value is -1.89. The fourth-order valence-electron chi connectivity index (χ4n) is 2.27. The molecule has 20 heavy (non-hydrogen) atoms. The molecule has 0 bridgehead atoms. The third-order valence-corrected chi connectivity index (χ3v) is 4.04. The van der Waals surface area contributed by atoms with Crippen LogP contribution in [0.2, 0.25) is 0 Å². The number of thiophene rings is 1. The summed E-state index contributed by atoms with van der Waals surface area (Å²) in [7, 11) is 0. The number of aromatic nitrogens is 3. The highest BCUT2D eigenvalue weighted by Gasteiger charge is 2.15. The van der Waals surface area contributed by atoms with E-state index in [4.69, 9.17) is 5.73 Å². The third-order valence-electron chi connectivity index (χ3n) is 3.31. The van der Waals surface area contributed by atoms with Crippen molar-refractivity contribution in [2.45, 2.75) is 25.8 Å². The molecule has 0 saturated carbocycles. The Kier molecular flexibility index (Phi) is 3.96. The lowest BCUT2D eigenvalue weighted by molar-refractivity contribution is 0.568. The maximum atomic E-state index is 5.79. The third kappa shape index (κ3) is 3.16. The number of anilines is 3. The summed E-state index contributed by atoms with van der Waals surface area (Å²) in [6, 6.07) is 2.08. The first-order valence-electron chi connectivity index (χ1n) is 6.83. The monoisotopic (exact) mass is 290 g/mol. The average Bonchev–Trinajstić information content (AvgIpc) is 2.99. The lowest BCUT2D eigenvalue weighted by Gasteiger charge is -2.26. The van der Waals surface area contributed by atoms with Crippen molar-refractivity contribution in [2.24, 2.45) is 0 Å². The second-order valence-corrected chi connectivity index (χ2v) is 5.63. The zero-order chi connectivity index (χ0) is 13.8. The molecule has 0 radical (unpaired) electrons. The Morgan fingerprint density at radius 1 is 1.20 bits per heavy atom. The van der Waals surface area contributed by atoms with E-state index in [-0.39, 0.29) is 5.95 Å². The first kappa shape index (κ1) is 13.1. The van der Waals surface area contributed by atoms with Crippen molar-refractivity contribution in [3.8, 4) is 0 Å². The number of hydrogen-bond acceptors (Lipinski definition) is 7. The number of rotatable bonds is 4. The van der Waals surface area contributed by atoms with E-state index in [9.17, 15) is 0 Å². The number of nitrogens with zero attached hydrogens (tertiary/aromatic N) is 4. The molecule has 0 spiro atoms. The van der Waals surface area contributed by atoms with Gasteiger partial charge in [0.2, 0.25) is 17.8 Å². The molecule has 2 aromatic heterocycles. The molecule has 6 nitrogen and oxygen atoms in total. The number of nitrogens with one attached hydrogen (secondary N) is 1. The van der Waals surface area contributed by atoms with Crippen molar-refractivity contribution in [3.63, 3.8) is 0 Å². The van der Waals surface area contributed by atoms with Gasteiger partial charge in [-0.1, -0.05) is 0 Å². The SMILES string of the molecule is Nc1nc(NCc2ccsc2)nc(N2CCCCC2)n1. The first-order valence-corrected chi connectivity index (χ1v) is 7.77. The van der Waals surface area contributed by atoms with Gasteiger partial charge in [0.1, 0.15) is 0 Å². The Balaban J connectivity index is 1.72. The summed E-state index contributed by atoms with van der Waals surface area (Å²) in [4.78, 5) is 15.0. The lowest BCUT2D eigenvalue weighted by Crippen LogP contribution is -2.31. The molecule has 1 fully saturated rings. The lowest BCUT2D eigenvalue weighted by atomic mass is 10.1. The van der Waals surface area contributed by atoms with Gasteiger partial charge < -0.3 is 16.0 Å². The van der Waals surface area contributed by atoms with E-state index in [0.29, 0.717) is 18.4 Å². The highest BCUT2D eigenvalue weighted by Crippen LogP contribution is 2.18. The van der Waals surface area contributed by atoms with Crippen LogP contribution in [0, 0.1) is 0 Å². The maximum absolute atomic E-state index is 5.79. The van der Waals surface area contributed by atoms with Crippen LogP contribution in [0.25, 0.3) is 0 Å². The summed E-state index contributed by atoms with van der Waals surface area (Å²) in [5.41, 5.74) is 7.00. The predicted molar refractivity (Wildman–Crippen MR) is 81.9 cm³/mol. The standard InChI is InChI=1S/C13H18N6S/c14-11-16-12(15-8-10-4-7-20-9-10)18-13(17-11)19-5-2-1-3-6-19/h4,7,9H,1-3,5-6,8H2,(H3,14,15,16,17,18). The second-order valence-electron chi connectivity index (χ2n) is 4.85. The van der Waals surface area contributed by atoms with E-state index in [1.807, 2.05) is 0 Å². The van der Waals surface area contributed by atoms with Crippen LogP contribution in [-0.4, -0.2) is 28.0 Å². The summed E-state index contributed by atoms with van der Waals surface area (Å²) in [5, 5.41) is 7.36. The van der Waals surface area contributed by atoms with Gasteiger partial charge >= 0.3 is 0 Å². The molecule has 3 N–H and O–H groups in total. The minimum Gasteiger partial charge on any atom is -0.368 e. The molecule has 3 heterocycles. The molecule has 0 aliphatic carbocycles. The largest absolute Gasteiger partial charge is 0.368 e. The highest BCUT2D eigenvalue weighted by molar-refractivity contribution is 7.07. The van der Waals surface area contributed by atoms with Gasteiger partial charge in [0, 0.05) is 19.6 Å². The van der Waals surface area contributed by atoms with E-state index in [2.05, 4.69) is 42.0 Å². The summed E-state index contributed by atoms with van der Waals surface area (Å²) in [5.74, 6) is 1.50. The quantitative estimate of drug-likeness (QED) is 0.898. The summed E-state index contributed by atoms with van der Waals surface area (Å²) in [6.45, 7) is 2.69. The van der Waals surface area contributed by atoms with Gasteiger partial charge in [0.05, 0.1) is 0 Å². The number of piperidine rings is 1. The number of nitrogens with two attached hydrogens (primary N) is 1. The smallest absolute Gasteiger partial charge is 0.231 e. The van der Waals surface area contributed by atoms with Crippen LogP contribution in [0.3, 0.4) is 0 Å². The van der Waals surface area contributed by atoms with Crippen LogP contribution < -0.4 is 16.0 Å². The topological polar surface area (TPSA) is 80.0 Å². The van der Waals surface area contributed by atoms with Crippen LogP contribution in [0.5, 0.6) is 0 Å². The van der Waals surface area contributed by atoms with Gasteiger partial charge in [-0.15, -0.1) is 0 Å². The van der Waals surface area contributed by atoms with Gasteiger partial charge in [0.25, 0.3) is 0 Å². The Morgan fingerprint density at radius 2 is 2.05 bits per heavy atom. The molecular formula is C13H18N6S. The van der Waals surface area contributed by atoms with Crippen molar-refractivity contribution in [3.05, 3.63) is 22.4 Å². The van der Waals surface area contributed by atoms with E-state index in [0.717, 1.165) is 13.1 Å². The van der Waals surface area contributed by atoms with Crippen molar-refractivity contribution in [1.29, 1.82) is 0 Å². The first-order chi connectivity index (χ1) is 9.81. The van der Waals surface area contributed by atoms with Crippen molar-refractivity contribution in [1.82, 2.24) is 15.0 Å². The van der Waals surface area contributed by atoms with Gasteiger partial charge in [-0.2, -0.15) is 26.3 Å². The van der Waals surface area contributed by atoms with Crippen molar-refractivity contribution < 1.29 is 0 Å². The van der Waals surface area contributed by atoms with Crippen LogP contribution >= 0.6 is 11.3 Å². The van der Waals surface area contributed by atoms with Crippen LogP contribution in [0.1, 0.15) is 24.8 Å². The van der Waals surface area contributed by atoms with Gasteiger partial charge in [0.15, 0.2) is 0 Å². The maximum Gasteiger partial charge on any atom is 0.231 e. The summed E-state index contributed by atoms with van der Waals surface area (Å²) in [6.07, 6.45) is 3.65. The Bertz CT molecular complexity index is 550. The minimum atomic E-state index is 0.272. The minimum absolute atomic E-state index is 0.272. The molecule has 7 heteroatoms. The molecule has 0 aromatic carbocycles. The predicted octanol–water partition coefficient (Wildman–Crippen LogP) is 2.12. The van der Waals surface area contributed by atoms with Crippen molar-refractivity contribution in [2.75, 3.05) is 29.0 Å². The second kappa shape index (κ2) is 6.04. The molecule has 1 aliphatic heterocycles. The Labute approximate surface area is 122 Å².